The molecule has 0 unspecified atom stereocenters. The van der Waals surface area contributed by atoms with Crippen LogP contribution in [0.1, 0.15) is 62.3 Å². The van der Waals surface area contributed by atoms with Crippen LogP contribution in [0.2, 0.25) is 10.1 Å². The molecule has 1 amide bonds. The largest absolute Gasteiger partial charge is 0.444 e. The molecule has 1 aromatic rings. The molecule has 10 heteroatoms. The monoisotopic (exact) mass is 441 g/mol. The highest BCUT2D eigenvalue weighted by molar-refractivity contribution is 6.77. The summed E-state index contributed by atoms with van der Waals surface area (Å²) in [5.41, 5.74) is -0.546. The van der Waals surface area contributed by atoms with Gasteiger partial charge in [0.1, 0.15) is 14.4 Å². The van der Waals surface area contributed by atoms with Gasteiger partial charge in [0.25, 0.3) is 0 Å². The van der Waals surface area contributed by atoms with Crippen LogP contribution in [0.5, 0.6) is 0 Å². The number of rotatable bonds is 8. The summed E-state index contributed by atoms with van der Waals surface area (Å²) < 4.78 is 12.5. The Bertz CT molecular complexity index is 715. The Morgan fingerprint density at radius 2 is 1.70 bits per heavy atom. The first-order valence-electron chi connectivity index (χ1n) is 10.2. The Kier molecular flexibility index (Phi) is 8.62. The normalized spacial score (nSPS) is 12.9. The number of ether oxygens (including phenoxy) is 2. The van der Waals surface area contributed by atoms with Crippen molar-refractivity contribution in [1.29, 1.82) is 0 Å². The molecule has 171 valence electrons. The molecule has 0 saturated heterocycles. The molecule has 30 heavy (non-hydrogen) atoms. The zero-order valence-corrected chi connectivity index (χ0v) is 20.8. The molecule has 0 bridgehead atoms. The van der Waals surface area contributed by atoms with E-state index in [0.717, 1.165) is 5.32 Å². The zero-order chi connectivity index (χ0) is 23.3. The first-order valence-corrected chi connectivity index (χ1v) is 11.7. The van der Waals surface area contributed by atoms with E-state index in [1.807, 2.05) is 0 Å². The average molecular weight is 442 g/mol. The number of hydrogen-bond donors (Lipinski definition) is 1. The molecule has 0 aromatic carbocycles. The number of nitrogens with one attached hydrogen (secondary N) is 1. The van der Waals surface area contributed by atoms with E-state index in [1.54, 1.807) is 31.5 Å². The van der Waals surface area contributed by atoms with Crippen molar-refractivity contribution >= 4 is 26.0 Å². The Hall–Kier alpha value is -1.94. The molecular weight excluding hydrogens is 404 g/mol. The topological polar surface area (TPSA) is 109 Å². The second-order valence-corrected chi connectivity index (χ2v) is 14.5. The number of carbonyl (C=O) groups excluding carboxylic acids is 1. The van der Waals surface area contributed by atoms with Crippen LogP contribution in [0.3, 0.4) is 0 Å². The first-order chi connectivity index (χ1) is 13.5. The quantitative estimate of drug-likeness (QED) is 0.286. The molecular formula is C20H37N4O5Si. The maximum absolute atomic E-state index is 11.6. The molecule has 1 radical (unpaired) electrons. The number of hydrogen-bond acceptors (Lipinski definition) is 6. The Balaban J connectivity index is 2.76. The second kappa shape index (κ2) is 9.91. The van der Waals surface area contributed by atoms with Crippen molar-refractivity contribution in [2.45, 2.75) is 84.5 Å². The molecule has 1 heterocycles. The number of alkyl carbamates (subject to hydrolysis) is 1. The van der Waals surface area contributed by atoms with E-state index < -0.39 is 25.4 Å². The van der Waals surface area contributed by atoms with E-state index in [4.69, 9.17) is 9.47 Å². The van der Waals surface area contributed by atoms with Crippen LogP contribution in [-0.4, -0.2) is 55.0 Å². The summed E-state index contributed by atoms with van der Waals surface area (Å²) in [7, 11) is -1.20. The van der Waals surface area contributed by atoms with Crippen molar-refractivity contribution in [1.82, 2.24) is 15.1 Å². The summed E-state index contributed by atoms with van der Waals surface area (Å²) in [4.78, 5) is 22.5. The minimum atomic E-state index is -1.20. The van der Waals surface area contributed by atoms with Gasteiger partial charge in [-0.05, 0) is 35.8 Å². The number of amides is 1. The van der Waals surface area contributed by atoms with Gasteiger partial charge in [0.2, 0.25) is 0 Å². The molecule has 1 aromatic heterocycles. The molecule has 0 fully saturated rings. The molecule has 9 nitrogen and oxygen atoms in total. The van der Waals surface area contributed by atoms with Crippen molar-refractivity contribution in [2.75, 3.05) is 19.8 Å². The van der Waals surface area contributed by atoms with Gasteiger partial charge in [0.15, 0.2) is 0 Å². The van der Waals surface area contributed by atoms with E-state index in [0.29, 0.717) is 26.3 Å². The van der Waals surface area contributed by atoms with Crippen LogP contribution in [0.25, 0.3) is 0 Å². The number of aromatic nitrogens is 2. The van der Waals surface area contributed by atoms with Gasteiger partial charge in [-0.2, -0.15) is 4.68 Å². The fourth-order valence-electron chi connectivity index (χ4n) is 3.55. The molecule has 0 aliphatic rings. The lowest BCUT2D eigenvalue weighted by Crippen LogP contribution is -2.49. The number of nitro groups is 1. The van der Waals surface area contributed by atoms with Gasteiger partial charge >= 0.3 is 11.9 Å². The molecule has 0 spiro atoms. The Morgan fingerprint density at radius 1 is 1.13 bits per heavy atom. The van der Waals surface area contributed by atoms with Gasteiger partial charge in [-0.3, -0.25) is 0 Å². The van der Waals surface area contributed by atoms with Gasteiger partial charge in [-0.1, -0.05) is 41.5 Å². The van der Waals surface area contributed by atoms with Gasteiger partial charge in [0, 0.05) is 6.54 Å². The molecule has 1 rings (SSSR count). The molecule has 0 aliphatic heterocycles. The number of carbonyl (C=O) groups is 1. The van der Waals surface area contributed by atoms with Crippen LogP contribution in [-0.2, 0) is 16.0 Å². The van der Waals surface area contributed by atoms with Crippen LogP contribution < -0.4 is 10.6 Å². The standard InChI is InChI=1S/C20H37N4O5Si/c1-18(2,3)29-17(25)21-10-12-28-13-11-23-16(14-15(22-23)24(26)27)30(19(4,5)6)20(7,8)9/h14H,10-13H2,1-9H3,(H,21,25). The fourth-order valence-corrected chi connectivity index (χ4v) is 8.03. The molecule has 1 N–H and O–H groups in total. The third-order valence-electron chi connectivity index (χ3n) is 4.07. The van der Waals surface area contributed by atoms with Crippen molar-refractivity contribution < 1.29 is 19.2 Å². The predicted octanol–water partition coefficient (Wildman–Crippen LogP) is 3.63. The van der Waals surface area contributed by atoms with E-state index in [9.17, 15) is 14.9 Å². The lowest BCUT2D eigenvalue weighted by atomic mass is 10.2. The van der Waals surface area contributed by atoms with E-state index in [-0.39, 0.29) is 15.9 Å². The summed E-state index contributed by atoms with van der Waals surface area (Å²) in [5, 5.41) is 19.1. The summed E-state index contributed by atoms with van der Waals surface area (Å²) in [6.07, 6.45) is -0.487. The summed E-state index contributed by atoms with van der Waals surface area (Å²) in [5.74, 6) is -0.132. The van der Waals surface area contributed by atoms with Gasteiger partial charge in [0.05, 0.1) is 36.2 Å². The van der Waals surface area contributed by atoms with Crippen molar-refractivity contribution in [3.05, 3.63) is 16.2 Å². The van der Waals surface area contributed by atoms with Gasteiger partial charge in [-0.15, -0.1) is 0 Å². The van der Waals surface area contributed by atoms with E-state index in [2.05, 4.69) is 52.0 Å². The second-order valence-electron chi connectivity index (χ2n) is 10.3. The Morgan fingerprint density at radius 3 is 2.17 bits per heavy atom. The summed E-state index contributed by atoms with van der Waals surface area (Å²) in [6.45, 7) is 19.8. The SMILES string of the molecule is CC(C)(C)OC(=O)NCCOCCn1nc([N+](=O)[O-])cc1[Si](C(C)(C)C)C(C)(C)C. The van der Waals surface area contributed by atoms with Crippen molar-refractivity contribution in [2.24, 2.45) is 0 Å². The summed E-state index contributed by atoms with van der Waals surface area (Å²) in [6, 6.07) is 1.62. The van der Waals surface area contributed by atoms with E-state index >= 15 is 0 Å². The lowest BCUT2D eigenvalue weighted by Gasteiger charge is -2.38. The molecule has 0 aliphatic carbocycles. The van der Waals surface area contributed by atoms with Crippen LogP contribution in [0.4, 0.5) is 10.6 Å². The first kappa shape index (κ1) is 26.1. The maximum Gasteiger partial charge on any atom is 0.407 e. The van der Waals surface area contributed by atoms with Crippen molar-refractivity contribution in [3.63, 3.8) is 0 Å². The van der Waals surface area contributed by atoms with Gasteiger partial charge < -0.3 is 24.9 Å². The van der Waals surface area contributed by atoms with Crippen LogP contribution in [0.15, 0.2) is 6.07 Å². The number of nitrogens with zero attached hydrogens (tertiary/aromatic N) is 3. The highest BCUT2D eigenvalue weighted by atomic mass is 28.3. The predicted molar refractivity (Wildman–Crippen MR) is 119 cm³/mol. The Labute approximate surface area is 181 Å². The van der Waals surface area contributed by atoms with E-state index in [1.165, 1.54) is 0 Å². The van der Waals surface area contributed by atoms with Gasteiger partial charge in [-0.25, -0.2) is 4.79 Å². The minimum absolute atomic E-state index is 0.00718. The lowest BCUT2D eigenvalue weighted by molar-refractivity contribution is -0.389. The van der Waals surface area contributed by atoms with Crippen LogP contribution >= 0.6 is 0 Å². The van der Waals surface area contributed by atoms with Crippen molar-refractivity contribution in [3.8, 4) is 0 Å². The smallest absolute Gasteiger partial charge is 0.407 e. The molecule has 0 atom stereocenters. The highest BCUT2D eigenvalue weighted by Gasteiger charge is 2.42. The fraction of sp³-hybridized carbons (Fsp3) is 0.800. The zero-order valence-electron chi connectivity index (χ0n) is 19.8. The highest BCUT2D eigenvalue weighted by Crippen LogP contribution is 2.41. The minimum Gasteiger partial charge on any atom is -0.444 e. The third-order valence-corrected chi connectivity index (χ3v) is 7.99. The summed E-state index contributed by atoms with van der Waals surface area (Å²) >= 11 is 0. The van der Waals surface area contributed by atoms with Crippen LogP contribution in [0, 0.1) is 10.1 Å². The third kappa shape index (κ3) is 8.43. The average Bonchev–Trinajstić information content (AvgIpc) is 2.89. The molecule has 0 saturated carbocycles. The maximum atomic E-state index is 11.6.